The van der Waals surface area contributed by atoms with Crippen LogP contribution >= 0.6 is 15.9 Å². The van der Waals surface area contributed by atoms with Crippen LogP contribution in [0.4, 0.5) is 0 Å². The standard InChI is InChI=1S/C16H13BrO5/c1-20-14-5-3-10(8-15(14)21-2)16(19)22-13-6-4-12(17)7-11(13)9-18/h3-9H,1-2H3. The maximum absolute atomic E-state index is 12.2. The van der Waals surface area contributed by atoms with Crippen LogP contribution in [0.15, 0.2) is 40.9 Å². The summed E-state index contributed by atoms with van der Waals surface area (Å²) in [5.74, 6) is 0.531. The molecule has 2 aromatic rings. The highest BCUT2D eigenvalue weighted by molar-refractivity contribution is 9.10. The van der Waals surface area contributed by atoms with Gasteiger partial charge in [0, 0.05) is 4.47 Å². The largest absolute Gasteiger partial charge is 0.493 e. The molecule has 5 nitrogen and oxygen atoms in total. The Hall–Kier alpha value is -2.34. The quantitative estimate of drug-likeness (QED) is 0.461. The molecule has 2 rings (SSSR count). The van der Waals surface area contributed by atoms with Gasteiger partial charge in [0.1, 0.15) is 5.75 Å². The van der Waals surface area contributed by atoms with Gasteiger partial charge in [0.05, 0.1) is 25.3 Å². The Balaban J connectivity index is 2.28. The van der Waals surface area contributed by atoms with E-state index in [-0.39, 0.29) is 16.9 Å². The minimum Gasteiger partial charge on any atom is -0.493 e. The smallest absolute Gasteiger partial charge is 0.343 e. The van der Waals surface area contributed by atoms with Crippen LogP contribution in [0.3, 0.4) is 0 Å². The third-order valence-electron chi connectivity index (χ3n) is 2.92. The summed E-state index contributed by atoms with van der Waals surface area (Å²) in [6.45, 7) is 0. The number of carbonyl (C=O) groups excluding carboxylic acids is 2. The summed E-state index contributed by atoms with van der Waals surface area (Å²) in [6, 6.07) is 9.49. The number of aldehydes is 1. The highest BCUT2D eigenvalue weighted by Crippen LogP contribution is 2.28. The van der Waals surface area contributed by atoms with Gasteiger partial charge < -0.3 is 14.2 Å². The van der Waals surface area contributed by atoms with Crippen molar-refractivity contribution >= 4 is 28.2 Å². The average molecular weight is 365 g/mol. The third kappa shape index (κ3) is 3.46. The van der Waals surface area contributed by atoms with Crippen molar-refractivity contribution < 1.29 is 23.8 Å². The second-order valence-corrected chi connectivity index (χ2v) is 5.17. The van der Waals surface area contributed by atoms with Crippen molar-refractivity contribution in [3.8, 4) is 17.2 Å². The molecule has 0 amide bonds. The summed E-state index contributed by atoms with van der Waals surface area (Å²) in [5, 5.41) is 0. The Kier molecular flexibility index (Phi) is 5.16. The lowest BCUT2D eigenvalue weighted by Crippen LogP contribution is -2.10. The summed E-state index contributed by atoms with van der Waals surface area (Å²) >= 11 is 3.25. The van der Waals surface area contributed by atoms with Gasteiger partial charge in [-0.3, -0.25) is 4.79 Å². The zero-order valence-corrected chi connectivity index (χ0v) is 13.5. The monoisotopic (exact) mass is 364 g/mol. The van der Waals surface area contributed by atoms with E-state index in [2.05, 4.69) is 15.9 Å². The van der Waals surface area contributed by atoms with E-state index in [0.717, 1.165) is 4.47 Å². The van der Waals surface area contributed by atoms with Crippen molar-refractivity contribution in [2.24, 2.45) is 0 Å². The number of rotatable bonds is 5. The molecule has 0 aliphatic rings. The molecule has 0 unspecified atom stereocenters. The van der Waals surface area contributed by atoms with Crippen molar-refractivity contribution in [1.82, 2.24) is 0 Å². The molecule has 0 aliphatic carbocycles. The molecule has 0 heterocycles. The fourth-order valence-corrected chi connectivity index (χ4v) is 2.21. The van der Waals surface area contributed by atoms with Crippen LogP contribution in [0.1, 0.15) is 20.7 Å². The lowest BCUT2D eigenvalue weighted by molar-refractivity contribution is 0.0733. The van der Waals surface area contributed by atoms with Crippen molar-refractivity contribution in [2.75, 3.05) is 14.2 Å². The first-order chi connectivity index (χ1) is 10.6. The minimum absolute atomic E-state index is 0.193. The molecular weight excluding hydrogens is 352 g/mol. The molecule has 6 heteroatoms. The van der Waals surface area contributed by atoms with Gasteiger partial charge in [-0.1, -0.05) is 15.9 Å². The van der Waals surface area contributed by atoms with Crippen LogP contribution in [-0.4, -0.2) is 26.5 Å². The third-order valence-corrected chi connectivity index (χ3v) is 3.41. The van der Waals surface area contributed by atoms with Crippen LogP contribution in [0.25, 0.3) is 0 Å². The highest BCUT2D eigenvalue weighted by Gasteiger charge is 2.14. The molecule has 0 N–H and O–H groups in total. The van der Waals surface area contributed by atoms with Crippen LogP contribution in [0.5, 0.6) is 17.2 Å². The number of hydrogen-bond donors (Lipinski definition) is 0. The van der Waals surface area contributed by atoms with Crippen LogP contribution in [0.2, 0.25) is 0 Å². The van der Waals surface area contributed by atoms with Crippen molar-refractivity contribution in [2.45, 2.75) is 0 Å². The Morgan fingerprint density at radius 2 is 1.68 bits per heavy atom. The van der Waals surface area contributed by atoms with Crippen LogP contribution in [0, 0.1) is 0 Å². The molecule has 0 atom stereocenters. The lowest BCUT2D eigenvalue weighted by atomic mass is 10.2. The number of hydrogen-bond acceptors (Lipinski definition) is 5. The maximum atomic E-state index is 12.2. The van der Waals surface area contributed by atoms with Crippen LogP contribution in [-0.2, 0) is 0 Å². The number of halogens is 1. The maximum Gasteiger partial charge on any atom is 0.343 e. The molecule has 0 saturated carbocycles. The van der Waals surface area contributed by atoms with Gasteiger partial charge in [0.2, 0.25) is 0 Å². The Morgan fingerprint density at radius 3 is 2.32 bits per heavy atom. The molecule has 0 fully saturated rings. The van der Waals surface area contributed by atoms with Crippen LogP contribution < -0.4 is 14.2 Å². The summed E-state index contributed by atoms with van der Waals surface area (Å²) in [7, 11) is 2.99. The molecule has 0 spiro atoms. The number of carbonyl (C=O) groups is 2. The summed E-state index contributed by atoms with van der Waals surface area (Å²) < 4.78 is 16.2. The SMILES string of the molecule is COc1ccc(C(=O)Oc2ccc(Br)cc2C=O)cc1OC. The van der Waals surface area contributed by atoms with Gasteiger partial charge in [0.25, 0.3) is 0 Å². The molecule has 2 aromatic carbocycles. The molecule has 0 saturated heterocycles. The summed E-state index contributed by atoms with van der Waals surface area (Å²) in [4.78, 5) is 23.2. The second-order valence-electron chi connectivity index (χ2n) is 4.26. The fourth-order valence-electron chi connectivity index (χ4n) is 1.83. The van der Waals surface area contributed by atoms with Gasteiger partial charge in [-0.15, -0.1) is 0 Å². The van der Waals surface area contributed by atoms with E-state index in [1.165, 1.54) is 20.3 Å². The molecule has 0 radical (unpaired) electrons. The minimum atomic E-state index is -0.591. The van der Waals surface area contributed by atoms with Gasteiger partial charge >= 0.3 is 5.97 Å². The molecule has 0 aromatic heterocycles. The molecule has 22 heavy (non-hydrogen) atoms. The predicted molar refractivity (Wildman–Crippen MR) is 84.0 cm³/mol. The number of benzene rings is 2. The zero-order chi connectivity index (χ0) is 16.1. The van der Waals surface area contributed by atoms with Gasteiger partial charge in [-0.2, -0.15) is 0 Å². The normalized spacial score (nSPS) is 9.95. The van der Waals surface area contributed by atoms with Crippen molar-refractivity contribution in [3.63, 3.8) is 0 Å². The highest BCUT2D eigenvalue weighted by atomic mass is 79.9. The molecule has 114 valence electrons. The molecule has 0 bridgehead atoms. The number of esters is 1. The summed E-state index contributed by atoms with van der Waals surface area (Å²) in [5.41, 5.74) is 0.570. The number of methoxy groups -OCH3 is 2. The van der Waals surface area contributed by atoms with E-state index in [4.69, 9.17) is 14.2 Å². The first-order valence-corrected chi connectivity index (χ1v) is 7.07. The van der Waals surface area contributed by atoms with E-state index in [9.17, 15) is 9.59 Å². The van der Waals surface area contributed by atoms with E-state index in [1.807, 2.05) is 0 Å². The second kappa shape index (κ2) is 7.09. The van der Waals surface area contributed by atoms with Gasteiger partial charge in [0.15, 0.2) is 17.8 Å². The zero-order valence-electron chi connectivity index (χ0n) is 12.0. The Bertz CT molecular complexity index is 712. The van der Waals surface area contributed by atoms with Gasteiger partial charge in [-0.25, -0.2) is 4.79 Å². The van der Waals surface area contributed by atoms with E-state index in [0.29, 0.717) is 17.8 Å². The molecular formula is C16H13BrO5. The lowest BCUT2D eigenvalue weighted by Gasteiger charge is -2.10. The predicted octanol–water partition coefficient (Wildman–Crippen LogP) is 3.50. The average Bonchev–Trinajstić information content (AvgIpc) is 2.55. The van der Waals surface area contributed by atoms with Crippen molar-refractivity contribution in [1.29, 1.82) is 0 Å². The van der Waals surface area contributed by atoms with Crippen molar-refractivity contribution in [3.05, 3.63) is 52.0 Å². The number of ether oxygens (including phenoxy) is 3. The molecule has 0 aliphatic heterocycles. The van der Waals surface area contributed by atoms with E-state index >= 15 is 0 Å². The fraction of sp³-hybridized carbons (Fsp3) is 0.125. The first-order valence-electron chi connectivity index (χ1n) is 6.28. The van der Waals surface area contributed by atoms with Gasteiger partial charge in [-0.05, 0) is 36.4 Å². The summed E-state index contributed by atoms with van der Waals surface area (Å²) in [6.07, 6.45) is 0.627. The Morgan fingerprint density at radius 1 is 1.00 bits per heavy atom. The first kappa shape index (κ1) is 16.0. The topological polar surface area (TPSA) is 61.8 Å². The van der Waals surface area contributed by atoms with E-state index < -0.39 is 5.97 Å². The van der Waals surface area contributed by atoms with E-state index in [1.54, 1.807) is 30.3 Å². The Labute approximate surface area is 135 Å².